The van der Waals surface area contributed by atoms with Crippen molar-refractivity contribution in [3.63, 3.8) is 0 Å². The van der Waals surface area contributed by atoms with Crippen molar-refractivity contribution >= 4 is 0 Å². The molecule has 174 valence electrons. The van der Waals surface area contributed by atoms with Crippen molar-refractivity contribution in [2.45, 2.75) is 116 Å². The summed E-state index contributed by atoms with van der Waals surface area (Å²) in [5.41, 5.74) is 12.8. The molecule has 0 aromatic heterocycles. The van der Waals surface area contributed by atoms with Crippen LogP contribution in [0.15, 0.2) is 18.2 Å². The highest BCUT2D eigenvalue weighted by Gasteiger charge is 2.17. The van der Waals surface area contributed by atoms with E-state index in [9.17, 15) is 0 Å². The van der Waals surface area contributed by atoms with Crippen LogP contribution in [0.25, 0.3) is 0 Å². The predicted molar refractivity (Wildman–Crippen MR) is 145 cm³/mol. The molecule has 2 aromatic rings. The second-order valence-electron chi connectivity index (χ2n) is 7.35. The van der Waals surface area contributed by atoms with E-state index >= 15 is 0 Å². The van der Waals surface area contributed by atoms with Crippen LogP contribution in [0.2, 0.25) is 0 Å². The third-order valence-electron chi connectivity index (χ3n) is 5.86. The first-order valence-corrected chi connectivity index (χ1v) is 12.4. The van der Waals surface area contributed by atoms with Crippen molar-refractivity contribution in [2.24, 2.45) is 0 Å². The number of hydrogen-bond donors (Lipinski definition) is 0. The van der Waals surface area contributed by atoms with Crippen molar-refractivity contribution in [3.8, 4) is 11.8 Å². The molecule has 0 N–H and O–H groups in total. The van der Waals surface area contributed by atoms with Gasteiger partial charge in [0, 0.05) is 5.92 Å². The maximum Gasteiger partial charge on any atom is 0.0452 e. The van der Waals surface area contributed by atoms with Gasteiger partial charge in [0.2, 0.25) is 0 Å². The van der Waals surface area contributed by atoms with Crippen LogP contribution >= 0.6 is 0 Å². The Bertz CT molecular complexity index is 841. The zero-order valence-corrected chi connectivity index (χ0v) is 23.2. The molecule has 0 fully saturated rings. The van der Waals surface area contributed by atoms with E-state index in [2.05, 4.69) is 78.5 Å². The summed E-state index contributed by atoms with van der Waals surface area (Å²) in [7, 11) is 0. The van der Waals surface area contributed by atoms with E-state index in [0.717, 1.165) is 12.8 Å². The van der Waals surface area contributed by atoms with Crippen molar-refractivity contribution < 1.29 is 0 Å². The molecule has 31 heavy (non-hydrogen) atoms. The lowest BCUT2D eigenvalue weighted by Crippen LogP contribution is -2.07. The van der Waals surface area contributed by atoms with E-state index in [1.54, 1.807) is 0 Å². The van der Waals surface area contributed by atoms with Crippen molar-refractivity contribution in [3.05, 3.63) is 68.3 Å². The Balaban J connectivity index is 0. The monoisotopic (exact) mass is 422 g/mol. The summed E-state index contributed by atoms with van der Waals surface area (Å²) in [5, 5.41) is 0. The molecule has 0 aliphatic heterocycles. The average molecular weight is 423 g/mol. The van der Waals surface area contributed by atoms with Gasteiger partial charge in [0.05, 0.1) is 0 Å². The molecule has 0 nitrogen and oxygen atoms in total. The Morgan fingerprint density at radius 2 is 1.16 bits per heavy atom. The first kappa shape index (κ1) is 31.2. The summed E-state index contributed by atoms with van der Waals surface area (Å²) < 4.78 is 0. The second-order valence-corrected chi connectivity index (χ2v) is 7.35. The summed E-state index contributed by atoms with van der Waals surface area (Å²) in [6.07, 6.45) is 2.09. The molecule has 0 radical (unpaired) electrons. The minimum Gasteiger partial charge on any atom is -0.106 e. The molecule has 0 aliphatic rings. The van der Waals surface area contributed by atoms with Crippen LogP contribution in [0.5, 0.6) is 0 Å². The molecule has 0 saturated carbocycles. The minimum absolute atomic E-state index is 0.346. The SMILES string of the molecule is CC.CC.CC.CC#CC(CC)c1cc(C)c(Cc2c(C)ccc(C)c2C)c(C)c1C. The van der Waals surface area contributed by atoms with Crippen LogP contribution in [0, 0.1) is 53.4 Å². The molecular formula is C31H50. The third-order valence-corrected chi connectivity index (χ3v) is 5.86. The molecule has 2 rings (SSSR count). The molecular weight excluding hydrogens is 372 g/mol. The van der Waals surface area contributed by atoms with Gasteiger partial charge in [-0.15, -0.1) is 5.92 Å². The van der Waals surface area contributed by atoms with Gasteiger partial charge in [-0.3, -0.25) is 0 Å². The highest BCUT2D eigenvalue weighted by Crippen LogP contribution is 2.32. The van der Waals surface area contributed by atoms with Crippen LogP contribution in [0.4, 0.5) is 0 Å². The summed E-state index contributed by atoms with van der Waals surface area (Å²) in [4.78, 5) is 0. The van der Waals surface area contributed by atoms with Crippen molar-refractivity contribution in [1.29, 1.82) is 0 Å². The fourth-order valence-corrected chi connectivity index (χ4v) is 3.83. The van der Waals surface area contributed by atoms with Crippen LogP contribution in [0.3, 0.4) is 0 Å². The van der Waals surface area contributed by atoms with Gasteiger partial charge in [-0.05, 0) is 111 Å². The largest absolute Gasteiger partial charge is 0.106 e. The quantitative estimate of drug-likeness (QED) is 0.430. The average Bonchev–Trinajstić information content (AvgIpc) is 2.81. The summed E-state index contributed by atoms with van der Waals surface area (Å²) >= 11 is 0. The Kier molecular flexibility index (Phi) is 16.8. The van der Waals surface area contributed by atoms with Crippen molar-refractivity contribution in [1.82, 2.24) is 0 Å². The van der Waals surface area contributed by atoms with E-state index in [0.29, 0.717) is 5.92 Å². The molecule has 0 spiro atoms. The molecule has 2 aromatic carbocycles. The Morgan fingerprint density at radius 3 is 1.65 bits per heavy atom. The zero-order valence-electron chi connectivity index (χ0n) is 23.2. The lowest BCUT2D eigenvalue weighted by Gasteiger charge is -2.21. The third kappa shape index (κ3) is 8.22. The van der Waals surface area contributed by atoms with E-state index in [1.807, 2.05) is 48.5 Å². The smallest absolute Gasteiger partial charge is 0.0452 e. The van der Waals surface area contributed by atoms with Gasteiger partial charge in [0.15, 0.2) is 0 Å². The van der Waals surface area contributed by atoms with Gasteiger partial charge in [-0.25, -0.2) is 0 Å². The molecule has 0 heteroatoms. The topological polar surface area (TPSA) is 0 Å². The number of aryl methyl sites for hydroxylation is 3. The maximum atomic E-state index is 3.39. The van der Waals surface area contributed by atoms with E-state index < -0.39 is 0 Å². The predicted octanol–water partition coefficient (Wildman–Crippen LogP) is 9.72. The number of rotatable bonds is 4. The Hall–Kier alpha value is -2.00. The van der Waals surface area contributed by atoms with Crippen LogP contribution in [-0.2, 0) is 6.42 Å². The highest BCUT2D eigenvalue weighted by molar-refractivity contribution is 5.51. The Morgan fingerprint density at radius 1 is 0.677 bits per heavy atom. The van der Waals surface area contributed by atoms with E-state index in [1.165, 1.54) is 50.1 Å². The Labute approximate surface area is 195 Å². The zero-order chi connectivity index (χ0) is 24.7. The lowest BCUT2D eigenvalue weighted by atomic mass is 9.83. The van der Waals surface area contributed by atoms with Crippen LogP contribution < -0.4 is 0 Å². The standard InChI is InChI=1S/C25H32.3C2H6/c1-9-11-22(10-2)25-14-18(5)24(20(7)21(25)8)15-23-17(4)13-12-16(3)19(23)6;3*1-2/h12-14,22H,10,15H2,1-8H3;3*1-2H3. The van der Waals surface area contributed by atoms with Crippen LogP contribution in [0.1, 0.15) is 118 Å². The summed E-state index contributed by atoms with van der Waals surface area (Å²) in [6.45, 7) is 29.7. The molecule has 0 bridgehead atoms. The normalized spacial score (nSPS) is 10.1. The minimum atomic E-state index is 0.346. The molecule has 0 aliphatic carbocycles. The van der Waals surface area contributed by atoms with E-state index in [-0.39, 0.29) is 0 Å². The lowest BCUT2D eigenvalue weighted by molar-refractivity contribution is 0.817. The van der Waals surface area contributed by atoms with Crippen molar-refractivity contribution in [2.75, 3.05) is 0 Å². The van der Waals surface area contributed by atoms with Gasteiger partial charge < -0.3 is 0 Å². The summed E-state index contributed by atoms with van der Waals surface area (Å²) in [6, 6.07) is 6.88. The number of hydrogen-bond acceptors (Lipinski definition) is 0. The molecule has 0 heterocycles. The van der Waals surface area contributed by atoms with E-state index in [4.69, 9.17) is 0 Å². The van der Waals surface area contributed by atoms with Gasteiger partial charge in [0.25, 0.3) is 0 Å². The molecule has 0 saturated heterocycles. The molecule has 1 atom stereocenters. The fourth-order valence-electron chi connectivity index (χ4n) is 3.83. The summed E-state index contributed by atoms with van der Waals surface area (Å²) in [5.74, 6) is 6.84. The molecule has 1 unspecified atom stereocenters. The first-order chi connectivity index (χ1) is 14.8. The number of benzene rings is 2. The van der Waals surface area contributed by atoms with Gasteiger partial charge in [-0.2, -0.15) is 0 Å². The van der Waals surface area contributed by atoms with Crippen LogP contribution in [-0.4, -0.2) is 0 Å². The first-order valence-electron chi connectivity index (χ1n) is 12.4. The van der Waals surface area contributed by atoms with Gasteiger partial charge in [-0.1, -0.05) is 72.6 Å². The maximum absolute atomic E-state index is 3.39. The fraction of sp³-hybridized carbons (Fsp3) is 0.548. The second kappa shape index (κ2) is 16.7. The van der Waals surface area contributed by atoms with Gasteiger partial charge in [0.1, 0.15) is 0 Å². The highest BCUT2D eigenvalue weighted by atomic mass is 14.2. The molecule has 0 amide bonds. The van der Waals surface area contributed by atoms with Gasteiger partial charge >= 0.3 is 0 Å².